The summed E-state index contributed by atoms with van der Waals surface area (Å²) in [7, 11) is 4.08. The summed E-state index contributed by atoms with van der Waals surface area (Å²) in [6, 6.07) is 2.67. The van der Waals surface area contributed by atoms with Gasteiger partial charge in [0.15, 0.2) is 16.4 Å². The van der Waals surface area contributed by atoms with Gasteiger partial charge in [-0.05, 0) is 51.3 Å². The van der Waals surface area contributed by atoms with Gasteiger partial charge in [-0.1, -0.05) is 12.8 Å². The summed E-state index contributed by atoms with van der Waals surface area (Å²) in [6.45, 7) is 0.583. The molecule has 1 N–H and O–H groups in total. The number of nitrogens with one attached hydrogen (secondary N) is 1. The molecule has 3 rings (SSSR count). The number of halogens is 2. The SMILES string of the molecule is CN(C)C1(Cn2c(=S)[nH]c3ccc(F)c(F)c32)CCCC1. The molecule has 1 aliphatic carbocycles. The number of aromatic amines is 1. The molecule has 1 aromatic heterocycles. The lowest BCUT2D eigenvalue weighted by Crippen LogP contribution is -2.45. The van der Waals surface area contributed by atoms with Gasteiger partial charge in [0.2, 0.25) is 0 Å². The number of H-pyrrole nitrogens is 1. The number of rotatable bonds is 3. The van der Waals surface area contributed by atoms with Crippen LogP contribution < -0.4 is 0 Å². The Morgan fingerprint density at radius 3 is 2.57 bits per heavy atom. The Morgan fingerprint density at radius 1 is 1.29 bits per heavy atom. The average Bonchev–Trinajstić information content (AvgIpc) is 3.02. The highest BCUT2D eigenvalue weighted by Gasteiger charge is 2.37. The van der Waals surface area contributed by atoms with Crippen molar-refractivity contribution in [1.29, 1.82) is 0 Å². The fraction of sp³-hybridized carbons (Fsp3) is 0.533. The number of imidazole rings is 1. The van der Waals surface area contributed by atoms with Crippen LogP contribution in [0.2, 0.25) is 0 Å². The molecule has 114 valence electrons. The zero-order valence-corrected chi connectivity index (χ0v) is 13.1. The van der Waals surface area contributed by atoms with Gasteiger partial charge in [-0.2, -0.15) is 0 Å². The second kappa shape index (κ2) is 5.18. The molecule has 0 spiro atoms. The Hall–Kier alpha value is -1.27. The van der Waals surface area contributed by atoms with Crippen LogP contribution >= 0.6 is 12.2 Å². The highest BCUT2D eigenvalue weighted by Crippen LogP contribution is 2.36. The van der Waals surface area contributed by atoms with Crippen LogP contribution in [0.1, 0.15) is 25.7 Å². The monoisotopic (exact) mass is 311 g/mol. The van der Waals surface area contributed by atoms with Crippen molar-refractivity contribution < 1.29 is 8.78 Å². The smallest absolute Gasteiger partial charge is 0.184 e. The minimum Gasteiger partial charge on any atom is -0.330 e. The summed E-state index contributed by atoms with van der Waals surface area (Å²) >= 11 is 5.33. The van der Waals surface area contributed by atoms with E-state index in [0.717, 1.165) is 31.7 Å². The maximum absolute atomic E-state index is 14.2. The number of fused-ring (bicyclic) bond motifs is 1. The summed E-state index contributed by atoms with van der Waals surface area (Å²) < 4.78 is 29.9. The lowest BCUT2D eigenvalue weighted by Gasteiger charge is -2.36. The van der Waals surface area contributed by atoms with Crippen molar-refractivity contribution in [1.82, 2.24) is 14.5 Å². The van der Waals surface area contributed by atoms with Crippen LogP contribution in [0.5, 0.6) is 0 Å². The molecule has 1 aromatic carbocycles. The Balaban J connectivity index is 2.14. The summed E-state index contributed by atoms with van der Waals surface area (Å²) in [5.41, 5.74) is 0.755. The summed E-state index contributed by atoms with van der Waals surface area (Å²) in [4.78, 5) is 5.17. The van der Waals surface area contributed by atoms with E-state index in [9.17, 15) is 8.78 Å². The van der Waals surface area contributed by atoms with Crippen LogP contribution in [0.25, 0.3) is 11.0 Å². The van der Waals surface area contributed by atoms with Crippen LogP contribution in [0.3, 0.4) is 0 Å². The molecule has 3 nitrogen and oxygen atoms in total. The first-order chi connectivity index (χ1) is 9.94. The molecule has 1 saturated carbocycles. The zero-order valence-electron chi connectivity index (χ0n) is 12.2. The fourth-order valence-corrected chi connectivity index (χ4v) is 3.68. The minimum absolute atomic E-state index is 0.0356. The van der Waals surface area contributed by atoms with Crippen molar-refractivity contribution in [3.05, 3.63) is 28.5 Å². The van der Waals surface area contributed by atoms with E-state index < -0.39 is 11.6 Å². The zero-order chi connectivity index (χ0) is 15.2. The van der Waals surface area contributed by atoms with E-state index in [4.69, 9.17) is 12.2 Å². The first kappa shape index (κ1) is 14.7. The molecule has 0 bridgehead atoms. The molecule has 6 heteroatoms. The number of benzene rings is 1. The van der Waals surface area contributed by atoms with Crippen LogP contribution in [0.4, 0.5) is 8.78 Å². The number of hydrogen-bond donors (Lipinski definition) is 1. The van der Waals surface area contributed by atoms with Gasteiger partial charge in [0.1, 0.15) is 5.52 Å². The standard InChI is InChI=1S/C15H19F2N3S/c1-19(2)15(7-3-4-8-15)9-20-13-11(18-14(20)21)6-5-10(16)12(13)17/h5-6H,3-4,7-9H2,1-2H3,(H,18,21). The Kier molecular flexibility index (Phi) is 3.61. The number of hydrogen-bond acceptors (Lipinski definition) is 2. The van der Waals surface area contributed by atoms with E-state index in [-0.39, 0.29) is 11.1 Å². The first-order valence-corrected chi connectivity index (χ1v) is 7.59. The Morgan fingerprint density at radius 2 is 1.95 bits per heavy atom. The topological polar surface area (TPSA) is 24.0 Å². The van der Waals surface area contributed by atoms with E-state index >= 15 is 0 Å². The maximum atomic E-state index is 14.2. The lowest BCUT2D eigenvalue weighted by atomic mass is 9.96. The Labute approximate surface area is 127 Å². The third-order valence-corrected chi connectivity index (χ3v) is 5.08. The molecular weight excluding hydrogens is 292 g/mol. The molecular formula is C15H19F2N3S. The largest absolute Gasteiger partial charge is 0.330 e. The third-order valence-electron chi connectivity index (χ3n) is 4.76. The first-order valence-electron chi connectivity index (χ1n) is 7.18. The van der Waals surface area contributed by atoms with Crippen molar-refractivity contribution in [2.45, 2.75) is 37.8 Å². The van der Waals surface area contributed by atoms with E-state index in [2.05, 4.69) is 9.88 Å². The van der Waals surface area contributed by atoms with Crippen LogP contribution in [0.15, 0.2) is 12.1 Å². The van der Waals surface area contributed by atoms with E-state index in [1.165, 1.54) is 6.07 Å². The van der Waals surface area contributed by atoms with Gasteiger partial charge in [-0.15, -0.1) is 0 Å². The van der Waals surface area contributed by atoms with Gasteiger partial charge in [0.05, 0.1) is 5.52 Å². The molecule has 0 amide bonds. The second-order valence-corrected chi connectivity index (χ2v) is 6.49. The van der Waals surface area contributed by atoms with Gasteiger partial charge in [0, 0.05) is 12.1 Å². The molecule has 0 radical (unpaired) electrons. The van der Waals surface area contributed by atoms with E-state index in [1.807, 2.05) is 14.1 Å². The van der Waals surface area contributed by atoms with E-state index in [0.29, 0.717) is 16.8 Å². The predicted octanol–water partition coefficient (Wildman–Crippen LogP) is 3.85. The van der Waals surface area contributed by atoms with Crippen LogP contribution in [-0.4, -0.2) is 34.1 Å². The van der Waals surface area contributed by atoms with Gasteiger partial charge < -0.3 is 14.5 Å². The van der Waals surface area contributed by atoms with Gasteiger partial charge in [0.25, 0.3) is 0 Å². The summed E-state index contributed by atoms with van der Waals surface area (Å²) in [6.07, 6.45) is 4.41. The van der Waals surface area contributed by atoms with Gasteiger partial charge in [-0.25, -0.2) is 8.78 Å². The highest BCUT2D eigenvalue weighted by molar-refractivity contribution is 7.71. The lowest BCUT2D eigenvalue weighted by molar-refractivity contribution is 0.134. The normalized spacial score (nSPS) is 18.0. The second-order valence-electron chi connectivity index (χ2n) is 6.10. The third kappa shape index (κ3) is 2.30. The average molecular weight is 311 g/mol. The number of aromatic nitrogens is 2. The predicted molar refractivity (Wildman–Crippen MR) is 81.9 cm³/mol. The summed E-state index contributed by atoms with van der Waals surface area (Å²) in [5.74, 6) is -1.66. The molecule has 0 atom stereocenters. The molecule has 0 unspecified atom stereocenters. The van der Waals surface area contributed by atoms with Crippen molar-refractivity contribution in [3.8, 4) is 0 Å². The molecule has 2 aromatic rings. The van der Waals surface area contributed by atoms with E-state index in [1.54, 1.807) is 4.57 Å². The molecule has 21 heavy (non-hydrogen) atoms. The number of likely N-dealkylation sites (N-methyl/N-ethyl adjacent to an activating group) is 1. The molecule has 1 fully saturated rings. The van der Waals surface area contributed by atoms with Gasteiger partial charge >= 0.3 is 0 Å². The molecule has 1 aliphatic rings. The maximum Gasteiger partial charge on any atom is 0.184 e. The van der Waals surface area contributed by atoms with Crippen molar-refractivity contribution in [2.24, 2.45) is 0 Å². The van der Waals surface area contributed by atoms with Crippen LogP contribution in [0, 0.1) is 16.4 Å². The molecule has 1 heterocycles. The van der Waals surface area contributed by atoms with Crippen molar-refractivity contribution in [3.63, 3.8) is 0 Å². The van der Waals surface area contributed by atoms with Crippen molar-refractivity contribution in [2.75, 3.05) is 14.1 Å². The summed E-state index contributed by atoms with van der Waals surface area (Å²) in [5, 5.41) is 0. The minimum atomic E-state index is -0.837. The van der Waals surface area contributed by atoms with Gasteiger partial charge in [-0.3, -0.25) is 0 Å². The highest BCUT2D eigenvalue weighted by atomic mass is 32.1. The molecule has 0 aliphatic heterocycles. The van der Waals surface area contributed by atoms with Crippen molar-refractivity contribution >= 4 is 23.3 Å². The fourth-order valence-electron chi connectivity index (χ4n) is 3.41. The number of nitrogens with zero attached hydrogens (tertiary/aromatic N) is 2. The van der Waals surface area contributed by atoms with Crippen LogP contribution in [-0.2, 0) is 6.54 Å². The molecule has 0 saturated heterocycles. The quantitative estimate of drug-likeness (QED) is 0.871. The Bertz CT molecular complexity index is 726.